The van der Waals surface area contributed by atoms with Gasteiger partial charge < -0.3 is 71.2 Å². The third kappa shape index (κ3) is 13.3. The van der Waals surface area contributed by atoms with Crippen LogP contribution in [0.5, 0.6) is 0 Å². The first-order chi connectivity index (χ1) is 43.5. The van der Waals surface area contributed by atoms with E-state index in [1.54, 1.807) is 0 Å². The maximum absolute atomic E-state index is 12.8. The number of hydrogen-bond donors (Lipinski definition) is 14. The van der Waals surface area contributed by atoms with Gasteiger partial charge in [-0.1, -0.05) is 0 Å². The third-order valence-corrected chi connectivity index (χ3v) is 14.7. The minimum absolute atomic E-state index is 0.154. The number of carboxylic acids is 12. The van der Waals surface area contributed by atoms with Gasteiger partial charge in [0.05, 0.1) is 96.4 Å². The van der Waals surface area contributed by atoms with Crippen molar-refractivity contribution in [2.75, 3.05) is 0 Å². The quantitative estimate of drug-likeness (QED) is 0.0286. The van der Waals surface area contributed by atoms with Crippen LogP contribution in [0.4, 0.5) is 0 Å². The minimum atomic E-state index is -1.61. The first-order valence-electron chi connectivity index (χ1n) is 26.9. The smallest absolute Gasteiger partial charge is 0.335 e. The molecular formula is C64H46N4O24. The van der Waals surface area contributed by atoms with Gasteiger partial charge >= 0.3 is 71.6 Å². The van der Waals surface area contributed by atoms with Gasteiger partial charge in [0, 0.05) is 44.3 Å². The summed E-state index contributed by atoms with van der Waals surface area (Å²) >= 11 is 0. The molecule has 0 radical (unpaired) electrons. The number of carboxylic acid groups (broad SMARTS) is 12. The molecule has 0 spiro atoms. The van der Waals surface area contributed by atoms with E-state index in [-0.39, 0.29) is 134 Å². The van der Waals surface area contributed by atoms with Gasteiger partial charge in [0.25, 0.3) is 0 Å². The highest BCUT2D eigenvalue weighted by molar-refractivity contribution is 6.06. The summed E-state index contributed by atoms with van der Waals surface area (Å²) in [6, 6.07) is 13.0. The summed E-state index contributed by atoms with van der Waals surface area (Å²) in [7, 11) is 0. The van der Waals surface area contributed by atoms with Gasteiger partial charge in [-0.15, -0.1) is 0 Å². The van der Waals surface area contributed by atoms with Gasteiger partial charge in [-0.25, -0.2) is 29.1 Å². The SMILES string of the molecule is O=C(O)Cc1cc(C(=O)O)cc(CC(=O)O)c1-c1c2nc(c(-c3c(CC(=O)O)cc(C(=O)O)cc3CC(=O)O)c3ccc([nH]3)c(-c3c(CC(=O)O)cc(C(=O)O)cc3CC(=O)O)c3nc(c(-c4c(CC(=O)O)cc(C(=O)O)cc4CC(=O)O)c4ccc1[nH]4)C=C3)C=C2. The number of aromatic nitrogens is 4. The van der Waals surface area contributed by atoms with E-state index in [1.807, 2.05) is 0 Å². The fourth-order valence-electron chi connectivity index (χ4n) is 11.5. The number of aromatic amines is 2. The first kappa shape index (κ1) is 63.6. The molecule has 3 aromatic heterocycles. The zero-order valence-corrected chi connectivity index (χ0v) is 47.1. The van der Waals surface area contributed by atoms with Crippen LogP contribution in [-0.4, -0.2) is 153 Å². The standard InChI is InChI=1S/C64H46N4O24/c69-45(70)17-25-9-33(61(85)86)10-26(18-46(71)72)53(25)57-37-1-2-38(65-37)58(54-27(19-47(73)74)11-34(62(87)88)12-28(54)20-48(75)76)40-5-6-42(67-40)60(56-31(23-51(81)82)15-36(64(91)92)16-32(56)24-52(83)84)44-8-7-43(68-44)59(41-4-3-39(57)66-41)55-29(21-49(77)78)13-35(63(89)90)14-30(55)22-50(79)80/h1-16,65,68H,17-24H2,(H,69,70)(H,71,72)(H,73,74)(H,75,76)(H,77,78)(H,79,80)(H,81,82)(H,83,84)(H,85,86)(H,87,88)(H,89,90)(H,91,92). The first-order valence-corrected chi connectivity index (χ1v) is 26.9. The van der Waals surface area contributed by atoms with E-state index in [0.717, 1.165) is 48.5 Å². The van der Waals surface area contributed by atoms with Crippen molar-refractivity contribution in [2.24, 2.45) is 0 Å². The number of hydrogen-bond acceptors (Lipinski definition) is 14. The molecule has 92 heavy (non-hydrogen) atoms. The maximum Gasteiger partial charge on any atom is 0.335 e. The highest BCUT2D eigenvalue weighted by Gasteiger charge is 2.31. The van der Waals surface area contributed by atoms with E-state index >= 15 is 0 Å². The molecule has 0 saturated heterocycles. The van der Waals surface area contributed by atoms with Crippen molar-refractivity contribution in [3.63, 3.8) is 0 Å². The second-order valence-corrected chi connectivity index (χ2v) is 21.0. The molecule has 4 aromatic carbocycles. The molecule has 0 aliphatic carbocycles. The number of nitrogens with one attached hydrogen (secondary N) is 2. The maximum atomic E-state index is 12.8. The molecule has 9 rings (SSSR count). The molecule has 28 heteroatoms. The van der Waals surface area contributed by atoms with Gasteiger partial charge in [-0.05, 0) is 164 Å². The van der Waals surface area contributed by atoms with E-state index in [4.69, 9.17) is 9.97 Å². The predicted molar refractivity (Wildman–Crippen MR) is 319 cm³/mol. The van der Waals surface area contributed by atoms with E-state index in [0.29, 0.717) is 0 Å². The summed E-state index contributed by atoms with van der Waals surface area (Å²) in [5.41, 5.74) is -8.26. The van der Waals surface area contributed by atoms with Gasteiger partial charge in [0.2, 0.25) is 0 Å². The molecule has 2 aliphatic rings. The predicted octanol–water partition coefficient (Wildman–Crippen LogP) is 7.13. The van der Waals surface area contributed by atoms with Crippen LogP contribution >= 0.6 is 0 Å². The number of H-pyrrole nitrogens is 2. The van der Waals surface area contributed by atoms with E-state index in [9.17, 15) is 119 Å². The second-order valence-electron chi connectivity index (χ2n) is 21.0. The summed E-state index contributed by atoms with van der Waals surface area (Å²) in [5.74, 6) is -18.9. The van der Waals surface area contributed by atoms with Gasteiger partial charge in [-0.2, -0.15) is 0 Å². The molecule has 0 atom stereocenters. The molecule has 5 heterocycles. The molecule has 466 valence electrons. The van der Waals surface area contributed by atoms with Crippen molar-refractivity contribution >= 4 is 118 Å². The molecule has 8 bridgehead atoms. The highest BCUT2D eigenvalue weighted by Crippen LogP contribution is 2.45. The fraction of sp³-hybridized carbons (Fsp3) is 0.125. The van der Waals surface area contributed by atoms with Gasteiger partial charge in [-0.3, -0.25) is 38.4 Å². The Morgan fingerprint density at radius 3 is 0.533 bits per heavy atom. The van der Waals surface area contributed by atoms with Crippen LogP contribution in [-0.2, 0) is 89.7 Å². The lowest BCUT2D eigenvalue weighted by molar-refractivity contribution is -0.137. The molecule has 2 aliphatic heterocycles. The third-order valence-electron chi connectivity index (χ3n) is 14.7. The summed E-state index contributed by atoms with van der Waals surface area (Å²) < 4.78 is 0. The number of aliphatic carboxylic acids is 8. The lowest BCUT2D eigenvalue weighted by Crippen LogP contribution is -2.11. The molecule has 0 fully saturated rings. The minimum Gasteiger partial charge on any atom is -0.481 e. The zero-order chi connectivity index (χ0) is 66.9. The Labute approximate surface area is 513 Å². The van der Waals surface area contributed by atoms with Crippen molar-refractivity contribution in [1.82, 2.24) is 19.9 Å². The Morgan fingerprint density at radius 1 is 0.250 bits per heavy atom. The van der Waals surface area contributed by atoms with E-state index in [1.165, 1.54) is 48.6 Å². The molecule has 0 amide bonds. The number of benzene rings is 4. The lowest BCUT2D eigenvalue weighted by atomic mass is 9.88. The number of rotatable bonds is 24. The summed E-state index contributed by atoms with van der Waals surface area (Å²) in [6.07, 6.45) is -2.77. The Morgan fingerprint density at radius 2 is 0.402 bits per heavy atom. The zero-order valence-electron chi connectivity index (χ0n) is 47.1. The Hall–Kier alpha value is -12.9. The summed E-state index contributed by atoms with van der Waals surface area (Å²) in [4.78, 5) is 170. The van der Waals surface area contributed by atoms with Gasteiger partial charge in [0.15, 0.2) is 0 Å². The molecule has 7 aromatic rings. The summed E-state index contributed by atoms with van der Waals surface area (Å²) in [5, 5.41) is 125. The average molecular weight is 1260 g/mol. The number of fused-ring (bicyclic) bond motifs is 8. The average Bonchev–Trinajstić information content (AvgIpc) is 1.54. The Balaban J connectivity index is 1.66. The van der Waals surface area contributed by atoms with Crippen LogP contribution in [0, 0.1) is 0 Å². The molecule has 0 unspecified atom stereocenters. The molecule has 28 nitrogen and oxygen atoms in total. The van der Waals surface area contributed by atoms with Crippen LogP contribution < -0.4 is 0 Å². The van der Waals surface area contributed by atoms with Crippen molar-refractivity contribution < 1.29 is 119 Å². The molecular weight excluding hydrogens is 1210 g/mol. The fourth-order valence-corrected chi connectivity index (χ4v) is 11.5. The van der Waals surface area contributed by atoms with Crippen molar-refractivity contribution in [3.05, 3.63) is 162 Å². The largest absolute Gasteiger partial charge is 0.481 e. The van der Waals surface area contributed by atoms with Crippen LogP contribution in [0.3, 0.4) is 0 Å². The number of aromatic carboxylic acids is 4. The highest BCUT2D eigenvalue weighted by atomic mass is 16.4. The second kappa shape index (κ2) is 25.4. The topological polar surface area (TPSA) is 505 Å². The van der Waals surface area contributed by atoms with Crippen molar-refractivity contribution in [3.8, 4) is 44.5 Å². The van der Waals surface area contributed by atoms with Gasteiger partial charge in [0.1, 0.15) is 0 Å². The van der Waals surface area contributed by atoms with Crippen LogP contribution in [0.2, 0.25) is 0 Å². The molecule has 14 N–H and O–H groups in total. The van der Waals surface area contributed by atoms with Crippen LogP contribution in [0.1, 0.15) is 109 Å². The number of nitrogens with zero attached hydrogens (tertiary/aromatic N) is 2. The Bertz CT molecular complexity index is 4020. The van der Waals surface area contributed by atoms with E-state index < -0.39 is 145 Å². The summed E-state index contributed by atoms with van der Waals surface area (Å²) in [6.45, 7) is 0. The Kier molecular flexibility index (Phi) is 17.6. The van der Waals surface area contributed by atoms with Crippen molar-refractivity contribution in [2.45, 2.75) is 51.4 Å². The van der Waals surface area contributed by atoms with Crippen LogP contribution in [0.15, 0.2) is 72.8 Å². The normalized spacial score (nSPS) is 11.5. The number of carbonyl (C=O) groups is 12. The monoisotopic (exact) mass is 1250 g/mol. The lowest BCUT2D eigenvalue weighted by Gasteiger charge is -2.18. The van der Waals surface area contributed by atoms with Crippen LogP contribution in [0.25, 0.3) is 90.9 Å². The van der Waals surface area contributed by atoms with E-state index in [2.05, 4.69) is 9.97 Å². The molecule has 0 saturated carbocycles. The van der Waals surface area contributed by atoms with Crippen molar-refractivity contribution in [1.29, 1.82) is 0 Å².